The van der Waals surface area contributed by atoms with Gasteiger partial charge in [-0.05, 0) is 24.1 Å². The van der Waals surface area contributed by atoms with Crippen LogP contribution in [0.15, 0.2) is 36.7 Å². The second-order valence-electron chi connectivity index (χ2n) is 4.15. The predicted molar refractivity (Wildman–Crippen MR) is 69.3 cm³/mol. The molecule has 2 rings (SSSR count). The first-order valence-electron chi connectivity index (χ1n) is 5.82. The fourth-order valence-electron chi connectivity index (χ4n) is 1.72. The zero-order valence-electron chi connectivity index (χ0n) is 10.2. The minimum Gasteiger partial charge on any atom is -0.366 e. The van der Waals surface area contributed by atoms with E-state index in [-0.39, 0.29) is 6.04 Å². The lowest BCUT2D eigenvalue weighted by molar-refractivity contribution is 0.100. The van der Waals surface area contributed by atoms with E-state index < -0.39 is 5.91 Å². The molecule has 5 heteroatoms. The molecule has 1 amide bonds. The first-order chi connectivity index (χ1) is 8.61. The molecule has 18 heavy (non-hydrogen) atoms. The number of primary amides is 1. The smallest absolute Gasteiger partial charge is 0.251 e. The van der Waals surface area contributed by atoms with Crippen LogP contribution in [0.5, 0.6) is 0 Å². The number of hydrogen-bond acceptors (Lipinski definition) is 3. The third kappa shape index (κ3) is 2.41. The van der Waals surface area contributed by atoms with E-state index in [9.17, 15) is 4.79 Å². The highest BCUT2D eigenvalue weighted by Gasteiger charge is 2.08. The van der Waals surface area contributed by atoms with Gasteiger partial charge in [0.15, 0.2) is 0 Å². The fourth-order valence-corrected chi connectivity index (χ4v) is 1.72. The van der Waals surface area contributed by atoms with Gasteiger partial charge in [-0.3, -0.25) is 4.79 Å². The molecule has 5 nitrogen and oxygen atoms in total. The minimum absolute atomic E-state index is 0.0103. The topological polar surface area (TPSA) is 86.9 Å². The summed E-state index contributed by atoms with van der Waals surface area (Å²) >= 11 is 0. The van der Waals surface area contributed by atoms with E-state index in [0.29, 0.717) is 5.56 Å². The molecule has 1 atom stereocenters. The van der Waals surface area contributed by atoms with Crippen molar-refractivity contribution in [2.75, 3.05) is 0 Å². The van der Waals surface area contributed by atoms with Crippen LogP contribution in [0.2, 0.25) is 0 Å². The molecule has 0 saturated heterocycles. The van der Waals surface area contributed by atoms with Gasteiger partial charge < -0.3 is 11.5 Å². The molecule has 0 aliphatic carbocycles. The zero-order valence-corrected chi connectivity index (χ0v) is 10.2. The Morgan fingerprint density at radius 2 is 2.28 bits per heavy atom. The fraction of sp³-hybridized carbons (Fsp3) is 0.231. The third-order valence-corrected chi connectivity index (χ3v) is 2.87. The van der Waals surface area contributed by atoms with Gasteiger partial charge in [0.25, 0.3) is 5.91 Å². The van der Waals surface area contributed by atoms with Crippen molar-refractivity contribution in [3.05, 3.63) is 47.8 Å². The van der Waals surface area contributed by atoms with Crippen LogP contribution in [0.1, 0.15) is 35.3 Å². The molecule has 1 unspecified atom stereocenters. The monoisotopic (exact) mass is 244 g/mol. The van der Waals surface area contributed by atoms with Crippen molar-refractivity contribution < 1.29 is 4.79 Å². The zero-order chi connectivity index (χ0) is 13.1. The van der Waals surface area contributed by atoms with E-state index in [0.717, 1.165) is 17.7 Å². The molecule has 0 bridgehead atoms. The van der Waals surface area contributed by atoms with Crippen molar-refractivity contribution in [3.8, 4) is 5.69 Å². The van der Waals surface area contributed by atoms with Crippen molar-refractivity contribution in [1.29, 1.82) is 0 Å². The van der Waals surface area contributed by atoms with E-state index in [1.807, 2.05) is 31.2 Å². The van der Waals surface area contributed by atoms with Crippen LogP contribution in [-0.2, 0) is 0 Å². The molecule has 2 aromatic rings. The second-order valence-corrected chi connectivity index (χ2v) is 4.15. The first kappa shape index (κ1) is 12.3. The van der Waals surface area contributed by atoms with Crippen LogP contribution < -0.4 is 11.5 Å². The van der Waals surface area contributed by atoms with Crippen LogP contribution in [0, 0.1) is 0 Å². The molecule has 4 N–H and O–H groups in total. The highest BCUT2D eigenvalue weighted by atomic mass is 16.1. The predicted octanol–water partition coefficient (Wildman–Crippen LogP) is 1.38. The number of aromatic nitrogens is 2. The van der Waals surface area contributed by atoms with Gasteiger partial charge >= 0.3 is 0 Å². The summed E-state index contributed by atoms with van der Waals surface area (Å²) < 4.78 is 1.62. The molecule has 0 aliphatic rings. The number of benzene rings is 1. The lowest BCUT2D eigenvalue weighted by Crippen LogP contribution is -2.10. The van der Waals surface area contributed by atoms with Gasteiger partial charge in [-0.15, -0.1) is 0 Å². The Labute approximate surface area is 105 Å². The maximum atomic E-state index is 11.0. The number of amides is 1. The molecule has 1 heterocycles. The number of nitrogens with two attached hydrogens (primary N) is 2. The van der Waals surface area contributed by atoms with Gasteiger partial charge in [0.2, 0.25) is 0 Å². The summed E-state index contributed by atoms with van der Waals surface area (Å²) in [4.78, 5) is 11.0. The van der Waals surface area contributed by atoms with E-state index in [4.69, 9.17) is 11.5 Å². The maximum Gasteiger partial charge on any atom is 0.251 e. The molecule has 1 aromatic carbocycles. The Balaban J connectivity index is 2.35. The van der Waals surface area contributed by atoms with Gasteiger partial charge in [-0.2, -0.15) is 5.10 Å². The first-order valence-corrected chi connectivity index (χ1v) is 5.82. The van der Waals surface area contributed by atoms with Gasteiger partial charge in [0.05, 0.1) is 17.4 Å². The quantitative estimate of drug-likeness (QED) is 0.851. The number of carbonyl (C=O) groups excluding carboxylic acids is 1. The normalized spacial score (nSPS) is 12.3. The Bertz CT molecular complexity index is 562. The number of nitrogens with zero attached hydrogens (tertiary/aromatic N) is 2. The highest BCUT2D eigenvalue weighted by Crippen LogP contribution is 2.17. The van der Waals surface area contributed by atoms with Crippen LogP contribution in [-0.4, -0.2) is 15.7 Å². The van der Waals surface area contributed by atoms with Gasteiger partial charge in [0, 0.05) is 12.2 Å². The Hall–Kier alpha value is -2.14. The standard InChI is InChI=1S/C13H16N4O/c1-2-12(14)9-4-3-5-11(6-9)17-8-10(7-16-17)13(15)18/h3-8,12H,2,14H2,1H3,(H2,15,18). The van der Waals surface area contributed by atoms with Crippen LogP contribution >= 0.6 is 0 Å². The molecule has 1 aromatic heterocycles. The average molecular weight is 244 g/mol. The van der Waals surface area contributed by atoms with Crippen LogP contribution in [0.25, 0.3) is 5.69 Å². The maximum absolute atomic E-state index is 11.0. The second kappa shape index (κ2) is 5.01. The van der Waals surface area contributed by atoms with Gasteiger partial charge in [-0.1, -0.05) is 19.1 Å². The number of carbonyl (C=O) groups is 1. The van der Waals surface area contributed by atoms with Crippen molar-refractivity contribution in [2.24, 2.45) is 11.5 Å². The van der Waals surface area contributed by atoms with Crippen LogP contribution in [0.3, 0.4) is 0 Å². The molecule has 0 fully saturated rings. The highest BCUT2D eigenvalue weighted by molar-refractivity contribution is 5.92. The molecule has 94 valence electrons. The van der Waals surface area contributed by atoms with E-state index in [1.165, 1.54) is 6.20 Å². The lowest BCUT2D eigenvalue weighted by atomic mass is 10.1. The summed E-state index contributed by atoms with van der Waals surface area (Å²) in [7, 11) is 0. The Morgan fingerprint density at radius 3 is 2.89 bits per heavy atom. The lowest BCUT2D eigenvalue weighted by Gasteiger charge is -2.10. The summed E-state index contributed by atoms with van der Waals surface area (Å²) in [6.07, 6.45) is 3.93. The molecular weight excluding hydrogens is 228 g/mol. The molecule has 0 spiro atoms. The van der Waals surface area contributed by atoms with Crippen LogP contribution in [0.4, 0.5) is 0 Å². The Kier molecular flexibility index (Phi) is 3.43. The van der Waals surface area contributed by atoms with E-state index in [1.54, 1.807) is 10.9 Å². The number of rotatable bonds is 4. The summed E-state index contributed by atoms with van der Waals surface area (Å²) in [5.41, 5.74) is 13.5. The van der Waals surface area contributed by atoms with Crippen molar-refractivity contribution >= 4 is 5.91 Å². The van der Waals surface area contributed by atoms with E-state index >= 15 is 0 Å². The largest absolute Gasteiger partial charge is 0.366 e. The summed E-state index contributed by atoms with van der Waals surface area (Å²) in [6.45, 7) is 2.04. The molecular formula is C13H16N4O. The van der Waals surface area contributed by atoms with Crippen molar-refractivity contribution in [2.45, 2.75) is 19.4 Å². The minimum atomic E-state index is -0.484. The van der Waals surface area contributed by atoms with E-state index in [2.05, 4.69) is 5.10 Å². The Morgan fingerprint density at radius 1 is 1.50 bits per heavy atom. The summed E-state index contributed by atoms with van der Waals surface area (Å²) in [5, 5.41) is 4.11. The van der Waals surface area contributed by atoms with Crippen molar-refractivity contribution in [3.63, 3.8) is 0 Å². The molecule has 0 aliphatic heterocycles. The van der Waals surface area contributed by atoms with Crippen molar-refractivity contribution in [1.82, 2.24) is 9.78 Å². The third-order valence-electron chi connectivity index (χ3n) is 2.87. The van der Waals surface area contributed by atoms with Gasteiger partial charge in [-0.25, -0.2) is 4.68 Å². The summed E-state index contributed by atoms with van der Waals surface area (Å²) in [6, 6.07) is 7.79. The molecule has 0 saturated carbocycles. The summed E-state index contributed by atoms with van der Waals surface area (Å²) in [5.74, 6) is -0.484. The average Bonchev–Trinajstić information content (AvgIpc) is 2.88. The van der Waals surface area contributed by atoms with Gasteiger partial charge in [0.1, 0.15) is 0 Å². The molecule has 0 radical (unpaired) electrons. The number of hydrogen-bond donors (Lipinski definition) is 2. The SMILES string of the molecule is CCC(N)c1cccc(-n2cc(C(N)=O)cn2)c1.